The molecule has 0 atom stereocenters. The highest BCUT2D eigenvalue weighted by atomic mass is 16.1. The predicted octanol–water partition coefficient (Wildman–Crippen LogP) is -0.200. The van der Waals surface area contributed by atoms with Gasteiger partial charge in [0, 0.05) is 25.5 Å². The van der Waals surface area contributed by atoms with Gasteiger partial charge in [-0.15, -0.1) is 0 Å². The molecular weight excluding hydrogens is 234 g/mol. The van der Waals surface area contributed by atoms with E-state index in [0.717, 1.165) is 5.69 Å². The van der Waals surface area contributed by atoms with Gasteiger partial charge in [-0.3, -0.25) is 24.5 Å². The monoisotopic (exact) mass is 245 g/mol. The first-order valence-corrected chi connectivity index (χ1v) is 5.43. The van der Waals surface area contributed by atoms with Crippen LogP contribution in [0.25, 0.3) is 10.9 Å². The minimum absolute atomic E-state index is 0.177. The minimum atomic E-state index is -0.236. The Balaban J connectivity index is 2.11. The van der Waals surface area contributed by atoms with Gasteiger partial charge in [-0.2, -0.15) is 5.10 Å². The van der Waals surface area contributed by atoms with Crippen LogP contribution in [-0.4, -0.2) is 24.5 Å². The Morgan fingerprint density at radius 3 is 2.89 bits per heavy atom. The Bertz CT molecular complexity index is 820. The number of hydrogen-bond donors (Lipinski definition) is 2. The average Bonchev–Trinajstić information content (AvgIpc) is 2.88. The molecule has 0 saturated carbocycles. The van der Waals surface area contributed by atoms with Crippen LogP contribution >= 0.6 is 0 Å². The van der Waals surface area contributed by atoms with Crippen molar-refractivity contribution in [3.05, 3.63) is 50.9 Å². The topological polar surface area (TPSA) is 88.5 Å². The van der Waals surface area contributed by atoms with Crippen molar-refractivity contribution in [1.29, 1.82) is 0 Å². The van der Waals surface area contributed by atoms with Crippen molar-refractivity contribution in [2.75, 3.05) is 0 Å². The Labute approximate surface area is 101 Å². The number of aromatic amines is 2. The Kier molecular flexibility index (Phi) is 2.19. The highest BCUT2D eigenvalue weighted by Gasteiger charge is 2.06. The van der Waals surface area contributed by atoms with Crippen LogP contribution in [-0.2, 0) is 13.6 Å². The van der Waals surface area contributed by atoms with Gasteiger partial charge in [0.15, 0.2) is 0 Å². The predicted molar refractivity (Wildman–Crippen MR) is 65.5 cm³/mol. The summed E-state index contributed by atoms with van der Waals surface area (Å²) in [5.74, 6) is 0. The number of nitrogens with zero attached hydrogens (tertiary/aromatic N) is 3. The number of rotatable bonds is 2. The van der Waals surface area contributed by atoms with Gasteiger partial charge in [-0.1, -0.05) is 0 Å². The van der Waals surface area contributed by atoms with E-state index >= 15 is 0 Å². The lowest BCUT2D eigenvalue weighted by Crippen LogP contribution is -2.20. The third-order valence-electron chi connectivity index (χ3n) is 2.78. The summed E-state index contributed by atoms with van der Waals surface area (Å²) in [4.78, 5) is 23.3. The lowest BCUT2D eigenvalue weighted by molar-refractivity contribution is 0.694. The number of hydrogen-bond acceptors (Lipinski definition) is 3. The molecule has 7 heteroatoms. The van der Waals surface area contributed by atoms with Crippen LogP contribution in [0, 0.1) is 0 Å². The molecular formula is C11H11N5O2. The summed E-state index contributed by atoms with van der Waals surface area (Å²) >= 11 is 0. The van der Waals surface area contributed by atoms with Gasteiger partial charge in [-0.25, -0.2) is 0 Å². The van der Waals surface area contributed by atoms with E-state index in [4.69, 9.17) is 0 Å². The zero-order valence-electron chi connectivity index (χ0n) is 9.67. The van der Waals surface area contributed by atoms with E-state index in [2.05, 4.69) is 15.3 Å². The number of H-pyrrole nitrogens is 2. The molecule has 3 heterocycles. The summed E-state index contributed by atoms with van der Waals surface area (Å²) in [5.41, 5.74) is 0.872. The molecule has 0 aliphatic heterocycles. The van der Waals surface area contributed by atoms with Crippen molar-refractivity contribution in [3.63, 3.8) is 0 Å². The molecule has 3 rings (SSSR count). The molecule has 0 bridgehead atoms. The summed E-state index contributed by atoms with van der Waals surface area (Å²) in [7, 11) is 1.81. The molecule has 7 nitrogen and oxygen atoms in total. The van der Waals surface area contributed by atoms with Crippen LogP contribution in [0.15, 0.2) is 34.1 Å². The standard InChI is InChI=1S/C11H11N5O2/c1-15-3-2-7(14-15)5-16-6-8-9(4-10(16)17)12-13-11(8)18/h2-4,6,12H,5H2,1H3,(H,13,18). The molecule has 92 valence electrons. The lowest BCUT2D eigenvalue weighted by atomic mass is 10.3. The third-order valence-corrected chi connectivity index (χ3v) is 2.78. The second-order valence-corrected chi connectivity index (χ2v) is 4.13. The zero-order chi connectivity index (χ0) is 12.7. The maximum atomic E-state index is 11.8. The fourth-order valence-electron chi connectivity index (χ4n) is 1.89. The van der Waals surface area contributed by atoms with E-state index in [0.29, 0.717) is 17.4 Å². The second-order valence-electron chi connectivity index (χ2n) is 4.13. The van der Waals surface area contributed by atoms with Gasteiger partial charge < -0.3 is 4.57 Å². The van der Waals surface area contributed by atoms with E-state index in [-0.39, 0.29) is 11.1 Å². The number of nitrogens with one attached hydrogen (secondary N) is 2. The van der Waals surface area contributed by atoms with E-state index in [1.807, 2.05) is 19.3 Å². The quantitative estimate of drug-likeness (QED) is 0.655. The van der Waals surface area contributed by atoms with Gasteiger partial charge >= 0.3 is 0 Å². The van der Waals surface area contributed by atoms with Crippen molar-refractivity contribution in [2.24, 2.45) is 7.05 Å². The van der Waals surface area contributed by atoms with Gasteiger partial charge in [0.2, 0.25) is 0 Å². The lowest BCUT2D eigenvalue weighted by Gasteiger charge is -2.02. The fourth-order valence-corrected chi connectivity index (χ4v) is 1.89. The van der Waals surface area contributed by atoms with Crippen molar-refractivity contribution in [3.8, 4) is 0 Å². The molecule has 0 aliphatic rings. The Hall–Kier alpha value is -2.57. The van der Waals surface area contributed by atoms with E-state index in [1.54, 1.807) is 10.9 Å². The van der Waals surface area contributed by atoms with Crippen LogP contribution in [0.2, 0.25) is 0 Å². The summed E-state index contributed by atoms with van der Waals surface area (Å²) < 4.78 is 3.13. The molecule has 0 spiro atoms. The molecule has 2 N–H and O–H groups in total. The smallest absolute Gasteiger partial charge is 0.273 e. The summed E-state index contributed by atoms with van der Waals surface area (Å²) in [6.07, 6.45) is 3.35. The fraction of sp³-hybridized carbons (Fsp3) is 0.182. The van der Waals surface area contributed by atoms with Crippen molar-refractivity contribution >= 4 is 10.9 Å². The first kappa shape index (κ1) is 10.6. The first-order valence-electron chi connectivity index (χ1n) is 5.43. The zero-order valence-corrected chi connectivity index (χ0v) is 9.67. The molecule has 3 aromatic rings. The molecule has 18 heavy (non-hydrogen) atoms. The number of aromatic nitrogens is 5. The van der Waals surface area contributed by atoms with Gasteiger partial charge in [-0.05, 0) is 6.07 Å². The van der Waals surface area contributed by atoms with Crippen LogP contribution < -0.4 is 11.1 Å². The third kappa shape index (κ3) is 1.65. The highest BCUT2D eigenvalue weighted by molar-refractivity contribution is 5.76. The van der Waals surface area contributed by atoms with Crippen LogP contribution in [0.3, 0.4) is 0 Å². The normalized spacial score (nSPS) is 11.2. The van der Waals surface area contributed by atoms with Crippen LogP contribution in [0.5, 0.6) is 0 Å². The summed E-state index contributed by atoms with van der Waals surface area (Å²) in [5, 5.41) is 9.76. The van der Waals surface area contributed by atoms with E-state index < -0.39 is 0 Å². The maximum Gasteiger partial charge on any atom is 0.273 e. The largest absolute Gasteiger partial charge is 0.309 e. The van der Waals surface area contributed by atoms with E-state index in [1.165, 1.54) is 10.6 Å². The number of pyridine rings is 1. The van der Waals surface area contributed by atoms with Gasteiger partial charge in [0.05, 0.1) is 23.1 Å². The molecule has 0 aliphatic carbocycles. The van der Waals surface area contributed by atoms with Gasteiger partial charge in [0.1, 0.15) is 0 Å². The minimum Gasteiger partial charge on any atom is -0.309 e. The molecule has 0 fully saturated rings. The number of aryl methyl sites for hydroxylation is 1. The SMILES string of the molecule is Cn1ccc(Cn2cc3c(=O)[nH][nH]c3cc2=O)n1. The highest BCUT2D eigenvalue weighted by Crippen LogP contribution is 2.03. The van der Waals surface area contributed by atoms with Gasteiger partial charge in [0.25, 0.3) is 11.1 Å². The molecule has 0 saturated heterocycles. The number of fused-ring (bicyclic) bond motifs is 1. The average molecular weight is 245 g/mol. The molecule has 0 aromatic carbocycles. The Morgan fingerprint density at radius 1 is 1.33 bits per heavy atom. The molecule has 0 radical (unpaired) electrons. The molecule has 0 unspecified atom stereocenters. The van der Waals surface area contributed by atoms with Crippen LogP contribution in [0.1, 0.15) is 5.69 Å². The second kappa shape index (κ2) is 3.73. The summed E-state index contributed by atoms with van der Waals surface area (Å²) in [6.45, 7) is 0.347. The van der Waals surface area contributed by atoms with Crippen LogP contribution in [0.4, 0.5) is 0 Å². The van der Waals surface area contributed by atoms with Crippen molar-refractivity contribution in [2.45, 2.75) is 6.54 Å². The molecule has 3 aromatic heterocycles. The first-order chi connectivity index (χ1) is 8.63. The summed E-state index contributed by atoms with van der Waals surface area (Å²) in [6, 6.07) is 3.23. The Morgan fingerprint density at radius 2 is 2.17 bits per heavy atom. The van der Waals surface area contributed by atoms with Crippen molar-refractivity contribution in [1.82, 2.24) is 24.5 Å². The maximum absolute atomic E-state index is 11.8. The molecule has 0 amide bonds. The van der Waals surface area contributed by atoms with Crippen molar-refractivity contribution < 1.29 is 0 Å². The van der Waals surface area contributed by atoms with E-state index in [9.17, 15) is 9.59 Å².